The van der Waals surface area contributed by atoms with E-state index in [9.17, 15) is 0 Å². The number of halogens is 1. The average molecular weight is 278 g/mol. The van der Waals surface area contributed by atoms with E-state index >= 15 is 0 Å². The minimum Gasteiger partial charge on any atom is -0.308 e. The number of aromatic nitrogens is 2. The Bertz CT molecular complexity index is 504. The summed E-state index contributed by atoms with van der Waals surface area (Å²) in [6.07, 6.45) is 3.91. The summed E-state index contributed by atoms with van der Waals surface area (Å²) in [5, 5.41) is 8.62. The molecule has 4 heteroatoms. The molecule has 0 amide bonds. The molecule has 1 N–H and O–H groups in total. The fourth-order valence-corrected chi connectivity index (χ4v) is 2.31. The van der Waals surface area contributed by atoms with Gasteiger partial charge in [-0.3, -0.25) is 4.68 Å². The van der Waals surface area contributed by atoms with Gasteiger partial charge in [-0.05, 0) is 43.1 Å². The minimum absolute atomic E-state index is 0.286. The van der Waals surface area contributed by atoms with Crippen molar-refractivity contribution >= 4 is 11.6 Å². The number of aryl methyl sites for hydroxylation is 1. The Kier molecular flexibility index (Phi) is 5.00. The Morgan fingerprint density at radius 3 is 2.58 bits per heavy atom. The Morgan fingerprint density at radius 2 is 2.00 bits per heavy atom. The summed E-state index contributed by atoms with van der Waals surface area (Å²) in [6.45, 7) is 3.18. The molecular weight excluding hydrogens is 258 g/mol. The van der Waals surface area contributed by atoms with Gasteiger partial charge in [-0.25, -0.2) is 0 Å². The van der Waals surface area contributed by atoms with Crippen molar-refractivity contribution in [3.63, 3.8) is 0 Å². The van der Waals surface area contributed by atoms with Gasteiger partial charge in [0.25, 0.3) is 0 Å². The van der Waals surface area contributed by atoms with E-state index in [1.807, 2.05) is 30.1 Å². The van der Waals surface area contributed by atoms with E-state index in [2.05, 4.69) is 35.5 Å². The highest BCUT2D eigenvalue weighted by molar-refractivity contribution is 6.30. The molecule has 0 aliphatic heterocycles. The average Bonchev–Trinajstić information content (AvgIpc) is 2.83. The summed E-state index contributed by atoms with van der Waals surface area (Å²) < 4.78 is 1.93. The second kappa shape index (κ2) is 6.73. The van der Waals surface area contributed by atoms with Gasteiger partial charge < -0.3 is 5.32 Å². The van der Waals surface area contributed by atoms with Crippen molar-refractivity contribution in [2.24, 2.45) is 7.05 Å². The van der Waals surface area contributed by atoms with Crippen LogP contribution in [0.1, 0.15) is 30.6 Å². The Morgan fingerprint density at radius 1 is 1.26 bits per heavy atom. The van der Waals surface area contributed by atoms with Crippen LogP contribution < -0.4 is 5.32 Å². The molecule has 0 fully saturated rings. The van der Waals surface area contributed by atoms with Crippen LogP contribution in [0.2, 0.25) is 5.02 Å². The van der Waals surface area contributed by atoms with Crippen molar-refractivity contribution in [1.82, 2.24) is 15.1 Å². The number of nitrogens with one attached hydrogen (secondary N) is 1. The van der Waals surface area contributed by atoms with E-state index < -0.39 is 0 Å². The largest absolute Gasteiger partial charge is 0.308 e. The van der Waals surface area contributed by atoms with Crippen molar-refractivity contribution in [2.75, 3.05) is 6.54 Å². The van der Waals surface area contributed by atoms with Crippen LogP contribution in [0.25, 0.3) is 0 Å². The lowest BCUT2D eigenvalue weighted by molar-refractivity contribution is 0.493. The molecule has 1 atom stereocenters. The van der Waals surface area contributed by atoms with Gasteiger partial charge in [0.05, 0.1) is 11.7 Å². The highest BCUT2D eigenvalue weighted by atomic mass is 35.5. The SMILES string of the molecule is CCCNC(Cc1ccc(Cl)cc1)c1ccnn1C. The van der Waals surface area contributed by atoms with E-state index in [1.165, 1.54) is 11.3 Å². The summed E-state index contributed by atoms with van der Waals surface area (Å²) >= 11 is 5.93. The van der Waals surface area contributed by atoms with E-state index in [0.717, 1.165) is 24.4 Å². The maximum Gasteiger partial charge on any atom is 0.0553 e. The fourth-order valence-electron chi connectivity index (χ4n) is 2.18. The van der Waals surface area contributed by atoms with Crippen LogP contribution in [-0.2, 0) is 13.5 Å². The first-order chi connectivity index (χ1) is 9.20. The Balaban J connectivity index is 2.14. The first-order valence-electron chi connectivity index (χ1n) is 6.66. The van der Waals surface area contributed by atoms with Crippen molar-refractivity contribution in [2.45, 2.75) is 25.8 Å². The van der Waals surface area contributed by atoms with Gasteiger partial charge in [0.2, 0.25) is 0 Å². The zero-order valence-electron chi connectivity index (χ0n) is 11.4. The van der Waals surface area contributed by atoms with Crippen molar-refractivity contribution < 1.29 is 0 Å². The molecule has 2 rings (SSSR count). The van der Waals surface area contributed by atoms with Gasteiger partial charge in [-0.1, -0.05) is 30.7 Å². The molecule has 3 nitrogen and oxygen atoms in total. The Hall–Kier alpha value is -1.32. The molecule has 1 aromatic carbocycles. The summed E-state index contributed by atoms with van der Waals surface area (Å²) in [5.74, 6) is 0. The Labute approximate surface area is 119 Å². The zero-order valence-corrected chi connectivity index (χ0v) is 12.2. The van der Waals surface area contributed by atoms with Crippen LogP contribution >= 0.6 is 11.6 Å². The maximum absolute atomic E-state index is 5.93. The van der Waals surface area contributed by atoms with Gasteiger partial charge in [0.1, 0.15) is 0 Å². The first kappa shape index (κ1) is 14.1. The molecule has 0 saturated heterocycles. The second-order valence-electron chi connectivity index (χ2n) is 4.72. The van der Waals surface area contributed by atoms with Crippen LogP contribution in [0.3, 0.4) is 0 Å². The van der Waals surface area contributed by atoms with Crippen molar-refractivity contribution in [3.05, 3.63) is 52.8 Å². The molecule has 0 radical (unpaired) electrons. The predicted octanol–water partition coefficient (Wildman–Crippen LogP) is 3.36. The molecule has 1 heterocycles. The quantitative estimate of drug-likeness (QED) is 0.877. The number of hydrogen-bond acceptors (Lipinski definition) is 2. The molecule has 1 aromatic heterocycles. The molecule has 102 valence electrons. The van der Waals surface area contributed by atoms with E-state index in [0.29, 0.717) is 0 Å². The van der Waals surface area contributed by atoms with E-state index in [1.54, 1.807) is 0 Å². The lowest BCUT2D eigenvalue weighted by Gasteiger charge is -2.19. The van der Waals surface area contributed by atoms with Crippen LogP contribution in [-0.4, -0.2) is 16.3 Å². The highest BCUT2D eigenvalue weighted by Gasteiger charge is 2.14. The minimum atomic E-state index is 0.286. The van der Waals surface area contributed by atoms with Crippen LogP contribution in [0, 0.1) is 0 Å². The predicted molar refractivity (Wildman–Crippen MR) is 79.4 cm³/mol. The number of nitrogens with zero attached hydrogens (tertiary/aromatic N) is 2. The van der Waals surface area contributed by atoms with E-state index in [-0.39, 0.29) is 6.04 Å². The topological polar surface area (TPSA) is 29.9 Å². The molecular formula is C15H20ClN3. The van der Waals surface area contributed by atoms with Gasteiger partial charge in [-0.15, -0.1) is 0 Å². The molecule has 0 saturated carbocycles. The normalized spacial score (nSPS) is 12.6. The number of benzene rings is 1. The highest BCUT2D eigenvalue weighted by Crippen LogP contribution is 2.19. The van der Waals surface area contributed by atoms with Crippen molar-refractivity contribution in [1.29, 1.82) is 0 Å². The van der Waals surface area contributed by atoms with E-state index in [4.69, 9.17) is 11.6 Å². The summed E-state index contributed by atoms with van der Waals surface area (Å²) in [7, 11) is 1.98. The lowest BCUT2D eigenvalue weighted by Crippen LogP contribution is -2.26. The van der Waals surface area contributed by atoms with Gasteiger partial charge >= 0.3 is 0 Å². The number of hydrogen-bond donors (Lipinski definition) is 1. The second-order valence-corrected chi connectivity index (χ2v) is 5.15. The lowest BCUT2D eigenvalue weighted by atomic mass is 10.0. The van der Waals surface area contributed by atoms with Crippen LogP contribution in [0.5, 0.6) is 0 Å². The van der Waals surface area contributed by atoms with Crippen LogP contribution in [0.15, 0.2) is 36.5 Å². The summed E-state index contributed by atoms with van der Waals surface area (Å²) in [6, 6.07) is 10.4. The third-order valence-corrected chi connectivity index (χ3v) is 3.46. The summed E-state index contributed by atoms with van der Waals surface area (Å²) in [5.41, 5.74) is 2.49. The summed E-state index contributed by atoms with van der Waals surface area (Å²) in [4.78, 5) is 0. The van der Waals surface area contributed by atoms with Crippen molar-refractivity contribution in [3.8, 4) is 0 Å². The maximum atomic E-state index is 5.93. The van der Waals surface area contributed by atoms with Gasteiger partial charge in [0, 0.05) is 18.3 Å². The molecule has 19 heavy (non-hydrogen) atoms. The monoisotopic (exact) mass is 277 g/mol. The molecule has 1 unspecified atom stereocenters. The third kappa shape index (κ3) is 3.82. The molecule has 0 aliphatic rings. The molecule has 0 spiro atoms. The molecule has 0 aliphatic carbocycles. The first-order valence-corrected chi connectivity index (χ1v) is 7.04. The third-order valence-electron chi connectivity index (χ3n) is 3.21. The number of rotatable bonds is 6. The van der Waals surface area contributed by atoms with Gasteiger partial charge in [0.15, 0.2) is 0 Å². The smallest absolute Gasteiger partial charge is 0.0553 e. The molecule has 2 aromatic rings. The fraction of sp³-hybridized carbons (Fsp3) is 0.400. The standard InChI is InChI=1S/C15H20ClN3/c1-3-9-17-14(15-8-10-18-19(15)2)11-12-4-6-13(16)7-5-12/h4-8,10,14,17H,3,9,11H2,1-2H3. The zero-order chi connectivity index (χ0) is 13.7. The van der Waals surface area contributed by atoms with Crippen LogP contribution in [0.4, 0.5) is 0 Å². The molecule has 0 bridgehead atoms. The van der Waals surface area contributed by atoms with Gasteiger partial charge in [-0.2, -0.15) is 5.10 Å².